The van der Waals surface area contributed by atoms with Crippen molar-refractivity contribution in [2.24, 2.45) is 5.92 Å². The molecule has 0 radical (unpaired) electrons. The van der Waals surface area contributed by atoms with Crippen LogP contribution in [0.4, 0.5) is 0 Å². The lowest BCUT2D eigenvalue weighted by molar-refractivity contribution is -0.122. The third kappa shape index (κ3) is 5.50. The molecule has 3 atom stereocenters. The molecule has 1 heterocycles. The minimum atomic E-state index is -0.438. The van der Waals surface area contributed by atoms with Gasteiger partial charge in [-0.05, 0) is 25.2 Å². The molecule has 0 spiro atoms. The van der Waals surface area contributed by atoms with Gasteiger partial charge in [0.2, 0.25) is 5.91 Å². The van der Waals surface area contributed by atoms with Gasteiger partial charge in [0.05, 0.1) is 12.2 Å². The van der Waals surface area contributed by atoms with Gasteiger partial charge in [0.25, 0.3) is 0 Å². The van der Waals surface area contributed by atoms with Crippen molar-refractivity contribution in [3.05, 3.63) is 0 Å². The van der Waals surface area contributed by atoms with E-state index in [2.05, 4.69) is 5.32 Å². The zero-order valence-corrected chi connectivity index (χ0v) is 10.9. The van der Waals surface area contributed by atoms with Gasteiger partial charge in [0.15, 0.2) is 0 Å². The number of carbonyl (C=O) groups is 1. The highest BCUT2D eigenvalue weighted by Crippen LogP contribution is 2.16. The molecule has 4 nitrogen and oxygen atoms in total. The SMILES string of the molecule is CCC(C)C(O)CNC(=O)CCC1CCCO1. The second-order valence-corrected chi connectivity index (χ2v) is 4.93. The summed E-state index contributed by atoms with van der Waals surface area (Å²) < 4.78 is 5.46. The molecule has 0 aromatic rings. The Hall–Kier alpha value is -0.610. The van der Waals surface area contributed by atoms with Gasteiger partial charge in [0, 0.05) is 19.6 Å². The molecule has 17 heavy (non-hydrogen) atoms. The Kier molecular flexibility index (Phi) is 6.52. The molecule has 1 rings (SSSR count). The van der Waals surface area contributed by atoms with E-state index >= 15 is 0 Å². The zero-order chi connectivity index (χ0) is 12.7. The van der Waals surface area contributed by atoms with E-state index in [0.717, 1.165) is 32.3 Å². The fraction of sp³-hybridized carbons (Fsp3) is 0.923. The normalized spacial score (nSPS) is 23.4. The maximum atomic E-state index is 11.5. The zero-order valence-electron chi connectivity index (χ0n) is 10.9. The van der Waals surface area contributed by atoms with Crippen LogP contribution in [0.3, 0.4) is 0 Å². The number of rotatable bonds is 7. The first-order valence-corrected chi connectivity index (χ1v) is 6.69. The maximum Gasteiger partial charge on any atom is 0.220 e. The molecule has 2 N–H and O–H groups in total. The van der Waals surface area contributed by atoms with E-state index in [1.165, 1.54) is 0 Å². The molecule has 1 aliphatic rings. The predicted molar refractivity (Wildman–Crippen MR) is 66.7 cm³/mol. The van der Waals surface area contributed by atoms with Crippen LogP contribution >= 0.6 is 0 Å². The van der Waals surface area contributed by atoms with E-state index in [-0.39, 0.29) is 17.9 Å². The molecule has 1 amide bonds. The average Bonchev–Trinajstić information content (AvgIpc) is 2.85. The topological polar surface area (TPSA) is 58.6 Å². The van der Waals surface area contributed by atoms with Crippen LogP contribution in [0.15, 0.2) is 0 Å². The van der Waals surface area contributed by atoms with E-state index in [9.17, 15) is 9.90 Å². The predicted octanol–water partition coefficient (Wildman–Crippen LogP) is 1.47. The Morgan fingerprint density at radius 3 is 2.94 bits per heavy atom. The quantitative estimate of drug-likeness (QED) is 0.712. The number of carbonyl (C=O) groups excluding carboxylic acids is 1. The number of amides is 1. The first kappa shape index (κ1) is 14.5. The van der Waals surface area contributed by atoms with Crippen LogP contribution in [0.25, 0.3) is 0 Å². The van der Waals surface area contributed by atoms with Gasteiger partial charge in [0.1, 0.15) is 0 Å². The molecular formula is C13H25NO3. The van der Waals surface area contributed by atoms with E-state index in [1.54, 1.807) is 0 Å². The summed E-state index contributed by atoms with van der Waals surface area (Å²) in [4.78, 5) is 11.5. The van der Waals surface area contributed by atoms with Crippen molar-refractivity contribution in [2.45, 2.75) is 58.2 Å². The highest BCUT2D eigenvalue weighted by molar-refractivity contribution is 5.75. The Labute approximate surface area is 104 Å². The van der Waals surface area contributed by atoms with Gasteiger partial charge in [-0.25, -0.2) is 0 Å². The van der Waals surface area contributed by atoms with Crippen molar-refractivity contribution in [1.29, 1.82) is 0 Å². The van der Waals surface area contributed by atoms with Crippen molar-refractivity contribution in [3.63, 3.8) is 0 Å². The summed E-state index contributed by atoms with van der Waals surface area (Å²) in [6.45, 7) is 5.22. The molecule has 1 saturated heterocycles. The number of aliphatic hydroxyl groups is 1. The van der Waals surface area contributed by atoms with Crippen LogP contribution in [-0.4, -0.2) is 36.4 Å². The van der Waals surface area contributed by atoms with E-state index in [0.29, 0.717) is 13.0 Å². The molecule has 0 aromatic heterocycles. The van der Waals surface area contributed by atoms with Gasteiger partial charge >= 0.3 is 0 Å². The molecule has 1 fully saturated rings. The molecule has 3 unspecified atom stereocenters. The van der Waals surface area contributed by atoms with E-state index < -0.39 is 6.10 Å². The fourth-order valence-corrected chi connectivity index (χ4v) is 1.94. The maximum absolute atomic E-state index is 11.5. The van der Waals surface area contributed by atoms with Crippen molar-refractivity contribution in [3.8, 4) is 0 Å². The molecule has 100 valence electrons. The van der Waals surface area contributed by atoms with Gasteiger partial charge in [-0.2, -0.15) is 0 Å². The largest absolute Gasteiger partial charge is 0.391 e. The second kappa shape index (κ2) is 7.67. The summed E-state index contributed by atoms with van der Waals surface area (Å²) in [6.07, 6.45) is 4.23. The second-order valence-electron chi connectivity index (χ2n) is 4.93. The Balaban J connectivity index is 2.08. The third-order valence-corrected chi connectivity index (χ3v) is 3.53. The number of hydrogen-bond donors (Lipinski definition) is 2. The molecule has 0 saturated carbocycles. The van der Waals surface area contributed by atoms with Crippen LogP contribution in [0.5, 0.6) is 0 Å². The Bertz CT molecular complexity index is 227. The van der Waals surface area contributed by atoms with Crippen molar-refractivity contribution < 1.29 is 14.6 Å². The monoisotopic (exact) mass is 243 g/mol. The van der Waals surface area contributed by atoms with Crippen LogP contribution in [0, 0.1) is 5.92 Å². The molecule has 0 bridgehead atoms. The summed E-state index contributed by atoms with van der Waals surface area (Å²) in [5.41, 5.74) is 0. The highest BCUT2D eigenvalue weighted by Gasteiger charge is 2.17. The van der Waals surface area contributed by atoms with Crippen LogP contribution in [0.2, 0.25) is 0 Å². The lowest BCUT2D eigenvalue weighted by atomic mass is 10.0. The summed E-state index contributed by atoms with van der Waals surface area (Å²) in [6, 6.07) is 0. The van der Waals surface area contributed by atoms with Crippen molar-refractivity contribution in [1.82, 2.24) is 5.32 Å². The summed E-state index contributed by atoms with van der Waals surface area (Å²) in [5.74, 6) is 0.247. The first-order chi connectivity index (χ1) is 8.13. The van der Waals surface area contributed by atoms with Gasteiger partial charge in [-0.1, -0.05) is 20.3 Å². The summed E-state index contributed by atoms with van der Waals surface area (Å²) >= 11 is 0. The molecule has 0 aromatic carbocycles. The lowest BCUT2D eigenvalue weighted by Crippen LogP contribution is -2.35. The minimum absolute atomic E-state index is 0.0165. The number of aliphatic hydroxyl groups excluding tert-OH is 1. The Morgan fingerprint density at radius 2 is 2.35 bits per heavy atom. The number of ether oxygens (including phenoxy) is 1. The average molecular weight is 243 g/mol. The smallest absolute Gasteiger partial charge is 0.220 e. The molecule has 1 aliphatic heterocycles. The van der Waals surface area contributed by atoms with E-state index in [4.69, 9.17) is 4.74 Å². The lowest BCUT2D eigenvalue weighted by Gasteiger charge is -2.17. The van der Waals surface area contributed by atoms with Crippen LogP contribution in [0.1, 0.15) is 46.0 Å². The third-order valence-electron chi connectivity index (χ3n) is 3.53. The van der Waals surface area contributed by atoms with E-state index in [1.807, 2.05) is 13.8 Å². The summed E-state index contributed by atoms with van der Waals surface area (Å²) in [5, 5.41) is 12.5. The van der Waals surface area contributed by atoms with Crippen molar-refractivity contribution >= 4 is 5.91 Å². The molecular weight excluding hydrogens is 218 g/mol. The van der Waals surface area contributed by atoms with Gasteiger partial charge in [-0.15, -0.1) is 0 Å². The molecule has 0 aliphatic carbocycles. The summed E-state index contributed by atoms with van der Waals surface area (Å²) in [7, 11) is 0. The first-order valence-electron chi connectivity index (χ1n) is 6.69. The highest BCUT2D eigenvalue weighted by atomic mass is 16.5. The van der Waals surface area contributed by atoms with Crippen molar-refractivity contribution in [2.75, 3.05) is 13.2 Å². The van der Waals surface area contributed by atoms with Crippen LogP contribution in [-0.2, 0) is 9.53 Å². The van der Waals surface area contributed by atoms with Gasteiger partial charge in [-0.3, -0.25) is 4.79 Å². The Morgan fingerprint density at radius 1 is 1.59 bits per heavy atom. The molecule has 4 heteroatoms. The standard InChI is InChI=1S/C13H25NO3/c1-3-10(2)12(15)9-14-13(16)7-6-11-5-4-8-17-11/h10-12,15H,3-9H2,1-2H3,(H,14,16). The number of nitrogens with one attached hydrogen (secondary N) is 1. The minimum Gasteiger partial charge on any atom is -0.391 e. The van der Waals surface area contributed by atoms with Crippen LogP contribution < -0.4 is 5.32 Å². The fourth-order valence-electron chi connectivity index (χ4n) is 1.94. The number of hydrogen-bond acceptors (Lipinski definition) is 3. The van der Waals surface area contributed by atoms with Gasteiger partial charge < -0.3 is 15.2 Å².